The van der Waals surface area contributed by atoms with Crippen LogP contribution in [0.3, 0.4) is 0 Å². The maximum Gasteiger partial charge on any atom is 0.328 e. The quantitative estimate of drug-likeness (QED) is 0.788. The Kier molecular flexibility index (Phi) is 2.48. The van der Waals surface area contributed by atoms with Gasteiger partial charge in [-0.3, -0.25) is 0 Å². The van der Waals surface area contributed by atoms with Crippen LogP contribution >= 0.6 is 0 Å². The highest BCUT2D eigenvalue weighted by atomic mass is 19.1. The fraction of sp³-hybridized carbons (Fsp3) is 0.0833. The van der Waals surface area contributed by atoms with Crippen molar-refractivity contribution < 1.29 is 14.3 Å². The van der Waals surface area contributed by atoms with Gasteiger partial charge in [-0.25, -0.2) is 9.18 Å². The van der Waals surface area contributed by atoms with Crippen LogP contribution in [0.5, 0.6) is 0 Å². The first-order chi connectivity index (χ1) is 7.59. The van der Waals surface area contributed by atoms with Gasteiger partial charge in [0, 0.05) is 30.3 Å². The molecule has 3 nitrogen and oxygen atoms in total. The van der Waals surface area contributed by atoms with E-state index in [2.05, 4.69) is 0 Å². The first-order valence-electron chi connectivity index (χ1n) is 4.74. The number of para-hydroxylation sites is 1. The van der Waals surface area contributed by atoms with Crippen LogP contribution in [0.4, 0.5) is 4.39 Å². The SMILES string of the molecule is Cn1cc(/C=C/C(=O)O)c2cccc(F)c21. The molecular weight excluding hydrogens is 209 g/mol. The minimum Gasteiger partial charge on any atom is -0.478 e. The number of fused-ring (bicyclic) bond motifs is 1. The number of nitrogens with zero attached hydrogens (tertiary/aromatic N) is 1. The van der Waals surface area contributed by atoms with Crippen LogP contribution in [0.1, 0.15) is 5.56 Å². The third-order valence-electron chi connectivity index (χ3n) is 2.39. The summed E-state index contributed by atoms with van der Waals surface area (Å²) >= 11 is 0. The molecule has 4 heteroatoms. The Bertz CT molecular complexity index is 584. The maximum absolute atomic E-state index is 13.5. The van der Waals surface area contributed by atoms with Crippen molar-refractivity contribution in [3.8, 4) is 0 Å². The van der Waals surface area contributed by atoms with Gasteiger partial charge in [-0.05, 0) is 12.1 Å². The van der Waals surface area contributed by atoms with Gasteiger partial charge in [-0.15, -0.1) is 0 Å². The molecule has 2 rings (SSSR count). The van der Waals surface area contributed by atoms with E-state index in [1.165, 1.54) is 12.1 Å². The molecule has 82 valence electrons. The Morgan fingerprint density at radius 2 is 2.25 bits per heavy atom. The Hall–Kier alpha value is -2.10. The van der Waals surface area contributed by atoms with E-state index in [4.69, 9.17) is 5.11 Å². The number of hydrogen-bond acceptors (Lipinski definition) is 1. The summed E-state index contributed by atoms with van der Waals surface area (Å²) in [6.45, 7) is 0. The molecule has 0 aliphatic carbocycles. The summed E-state index contributed by atoms with van der Waals surface area (Å²) in [6, 6.07) is 4.75. The van der Waals surface area contributed by atoms with E-state index in [0.29, 0.717) is 16.5 Å². The number of aryl methyl sites for hydroxylation is 1. The van der Waals surface area contributed by atoms with Crippen molar-refractivity contribution in [1.82, 2.24) is 4.57 Å². The minimum absolute atomic E-state index is 0.310. The van der Waals surface area contributed by atoms with Crippen molar-refractivity contribution >= 4 is 22.9 Å². The van der Waals surface area contributed by atoms with E-state index < -0.39 is 5.97 Å². The average molecular weight is 219 g/mol. The lowest BCUT2D eigenvalue weighted by molar-refractivity contribution is -0.131. The molecule has 0 fully saturated rings. The first kappa shape index (κ1) is 10.4. The number of benzene rings is 1. The summed E-state index contributed by atoms with van der Waals surface area (Å²) in [5.41, 5.74) is 1.17. The van der Waals surface area contributed by atoms with Crippen LogP contribution in [0.2, 0.25) is 0 Å². The maximum atomic E-state index is 13.5. The lowest BCUT2D eigenvalue weighted by atomic mass is 10.1. The number of aromatic nitrogens is 1. The number of carboxylic acids is 1. The van der Waals surface area contributed by atoms with Crippen molar-refractivity contribution in [1.29, 1.82) is 0 Å². The predicted octanol–water partition coefficient (Wildman–Crippen LogP) is 2.42. The van der Waals surface area contributed by atoms with Crippen LogP contribution in [0, 0.1) is 5.82 Å². The molecule has 2 aromatic rings. The second-order valence-corrected chi connectivity index (χ2v) is 3.50. The average Bonchev–Trinajstić information content (AvgIpc) is 2.54. The van der Waals surface area contributed by atoms with Gasteiger partial charge < -0.3 is 9.67 Å². The molecule has 0 aliphatic heterocycles. The largest absolute Gasteiger partial charge is 0.478 e. The molecule has 0 unspecified atom stereocenters. The smallest absolute Gasteiger partial charge is 0.328 e. The number of carbonyl (C=O) groups is 1. The third kappa shape index (κ3) is 1.69. The highest BCUT2D eigenvalue weighted by Crippen LogP contribution is 2.23. The molecule has 0 amide bonds. The number of halogens is 1. The van der Waals surface area contributed by atoms with E-state index in [-0.39, 0.29) is 5.82 Å². The molecule has 0 aliphatic rings. The summed E-state index contributed by atoms with van der Waals surface area (Å²) in [6.07, 6.45) is 4.21. The summed E-state index contributed by atoms with van der Waals surface area (Å²) in [5, 5.41) is 9.25. The van der Waals surface area contributed by atoms with E-state index in [9.17, 15) is 9.18 Å². The van der Waals surface area contributed by atoms with Crippen LogP contribution < -0.4 is 0 Å². The van der Waals surface area contributed by atoms with Gasteiger partial charge in [0.1, 0.15) is 5.82 Å². The van der Waals surface area contributed by atoms with E-state index >= 15 is 0 Å². The highest BCUT2D eigenvalue weighted by Gasteiger charge is 2.08. The third-order valence-corrected chi connectivity index (χ3v) is 2.39. The standard InChI is InChI=1S/C12H10FNO2/c1-14-7-8(5-6-11(15)16)9-3-2-4-10(13)12(9)14/h2-7H,1H3,(H,15,16)/b6-5+. The molecule has 0 saturated heterocycles. The van der Waals surface area contributed by atoms with Crippen molar-refractivity contribution in [2.24, 2.45) is 7.05 Å². The first-order valence-corrected chi connectivity index (χ1v) is 4.74. The van der Waals surface area contributed by atoms with Crippen molar-refractivity contribution in [3.63, 3.8) is 0 Å². The molecule has 0 spiro atoms. The molecule has 1 aromatic carbocycles. The molecular formula is C12H10FNO2. The van der Waals surface area contributed by atoms with E-state index in [1.54, 1.807) is 29.9 Å². The van der Waals surface area contributed by atoms with Crippen LogP contribution in [0.15, 0.2) is 30.5 Å². The van der Waals surface area contributed by atoms with Gasteiger partial charge in [0.05, 0.1) is 5.52 Å². The fourth-order valence-corrected chi connectivity index (χ4v) is 1.74. The number of hydrogen-bond donors (Lipinski definition) is 1. The molecule has 16 heavy (non-hydrogen) atoms. The molecule has 0 bridgehead atoms. The van der Waals surface area contributed by atoms with Crippen molar-refractivity contribution in [3.05, 3.63) is 41.9 Å². The highest BCUT2D eigenvalue weighted by molar-refractivity contribution is 5.93. The predicted molar refractivity (Wildman–Crippen MR) is 59.5 cm³/mol. The van der Waals surface area contributed by atoms with E-state index in [0.717, 1.165) is 6.08 Å². The Morgan fingerprint density at radius 1 is 1.50 bits per heavy atom. The minimum atomic E-state index is -1.02. The second kappa shape index (κ2) is 3.81. The molecule has 1 aromatic heterocycles. The van der Waals surface area contributed by atoms with Crippen molar-refractivity contribution in [2.75, 3.05) is 0 Å². The molecule has 0 saturated carbocycles. The Balaban J connectivity index is 2.64. The van der Waals surface area contributed by atoms with Crippen LogP contribution in [0.25, 0.3) is 17.0 Å². The summed E-state index contributed by atoms with van der Waals surface area (Å²) in [5.74, 6) is -1.33. The van der Waals surface area contributed by atoms with Gasteiger partial charge in [0.15, 0.2) is 0 Å². The molecule has 1 heterocycles. The van der Waals surface area contributed by atoms with E-state index in [1.807, 2.05) is 0 Å². The lowest BCUT2D eigenvalue weighted by Crippen LogP contribution is -1.86. The molecule has 0 atom stereocenters. The zero-order valence-electron chi connectivity index (χ0n) is 8.64. The van der Waals surface area contributed by atoms with Gasteiger partial charge in [0.25, 0.3) is 0 Å². The number of aliphatic carboxylic acids is 1. The zero-order chi connectivity index (χ0) is 11.7. The fourth-order valence-electron chi connectivity index (χ4n) is 1.74. The van der Waals surface area contributed by atoms with Crippen LogP contribution in [-0.4, -0.2) is 15.6 Å². The van der Waals surface area contributed by atoms with Crippen LogP contribution in [-0.2, 0) is 11.8 Å². The Morgan fingerprint density at radius 3 is 2.94 bits per heavy atom. The topological polar surface area (TPSA) is 42.2 Å². The summed E-state index contributed by atoms with van der Waals surface area (Å²) in [4.78, 5) is 10.4. The zero-order valence-corrected chi connectivity index (χ0v) is 8.64. The molecule has 1 N–H and O–H groups in total. The monoisotopic (exact) mass is 219 g/mol. The summed E-state index contributed by atoms with van der Waals surface area (Å²) in [7, 11) is 1.73. The number of carboxylic acid groups (broad SMARTS) is 1. The van der Waals surface area contributed by atoms with Gasteiger partial charge in [0.2, 0.25) is 0 Å². The molecule has 0 radical (unpaired) electrons. The second-order valence-electron chi connectivity index (χ2n) is 3.50. The van der Waals surface area contributed by atoms with Gasteiger partial charge in [-0.1, -0.05) is 12.1 Å². The van der Waals surface area contributed by atoms with Crippen molar-refractivity contribution in [2.45, 2.75) is 0 Å². The normalized spacial score (nSPS) is 11.4. The summed E-state index contributed by atoms with van der Waals surface area (Å²) < 4.78 is 15.1. The Labute approximate surface area is 91.4 Å². The lowest BCUT2D eigenvalue weighted by Gasteiger charge is -1.96. The number of rotatable bonds is 2. The van der Waals surface area contributed by atoms with Gasteiger partial charge >= 0.3 is 5.97 Å². The van der Waals surface area contributed by atoms with Gasteiger partial charge in [-0.2, -0.15) is 0 Å².